The highest BCUT2D eigenvalue weighted by Gasteiger charge is 2.25. The van der Waals surface area contributed by atoms with Gasteiger partial charge in [-0.05, 0) is 18.1 Å². The number of amides is 2. The molecule has 2 N–H and O–H groups in total. The molecule has 0 aliphatic heterocycles. The van der Waals surface area contributed by atoms with Crippen molar-refractivity contribution in [3.05, 3.63) is 24.2 Å². The monoisotopic (exact) mass is 282 g/mol. The van der Waals surface area contributed by atoms with Crippen molar-refractivity contribution >= 4 is 17.8 Å². The first-order valence-corrected chi connectivity index (χ1v) is 6.14. The van der Waals surface area contributed by atoms with Gasteiger partial charge in [0.15, 0.2) is 5.76 Å². The predicted molar refractivity (Wildman–Crippen MR) is 69.8 cm³/mol. The highest BCUT2D eigenvalue weighted by Crippen LogP contribution is 2.05. The molecule has 1 heterocycles. The minimum absolute atomic E-state index is 0.122. The van der Waals surface area contributed by atoms with E-state index >= 15 is 0 Å². The van der Waals surface area contributed by atoms with Crippen molar-refractivity contribution in [2.75, 3.05) is 13.7 Å². The van der Waals surface area contributed by atoms with Gasteiger partial charge in [0.2, 0.25) is 5.91 Å². The molecule has 2 amide bonds. The number of esters is 1. The number of furan rings is 1. The van der Waals surface area contributed by atoms with Crippen LogP contribution in [-0.2, 0) is 14.3 Å². The van der Waals surface area contributed by atoms with Gasteiger partial charge in [0.1, 0.15) is 12.6 Å². The van der Waals surface area contributed by atoms with E-state index < -0.39 is 23.8 Å². The Morgan fingerprint density at radius 2 is 2.05 bits per heavy atom. The van der Waals surface area contributed by atoms with E-state index in [2.05, 4.69) is 15.4 Å². The van der Waals surface area contributed by atoms with Crippen LogP contribution < -0.4 is 10.6 Å². The summed E-state index contributed by atoms with van der Waals surface area (Å²) in [6, 6.07) is 2.31. The Kier molecular flexibility index (Phi) is 5.76. The number of methoxy groups -OCH3 is 1. The Balaban J connectivity index is 2.62. The van der Waals surface area contributed by atoms with Gasteiger partial charge in [-0.3, -0.25) is 14.4 Å². The molecule has 1 rings (SSSR count). The van der Waals surface area contributed by atoms with Crippen LogP contribution in [0.4, 0.5) is 0 Å². The summed E-state index contributed by atoms with van der Waals surface area (Å²) in [4.78, 5) is 34.8. The van der Waals surface area contributed by atoms with Gasteiger partial charge in [-0.15, -0.1) is 0 Å². The molecular weight excluding hydrogens is 264 g/mol. The topological polar surface area (TPSA) is 97.6 Å². The molecule has 1 atom stereocenters. The van der Waals surface area contributed by atoms with Gasteiger partial charge in [0.05, 0.1) is 13.4 Å². The van der Waals surface area contributed by atoms with Crippen LogP contribution in [0.5, 0.6) is 0 Å². The van der Waals surface area contributed by atoms with Gasteiger partial charge >= 0.3 is 5.97 Å². The Morgan fingerprint density at radius 3 is 2.55 bits per heavy atom. The zero-order valence-electron chi connectivity index (χ0n) is 11.6. The summed E-state index contributed by atoms with van der Waals surface area (Å²) in [5.41, 5.74) is 0. The quantitative estimate of drug-likeness (QED) is 0.732. The molecule has 0 saturated carbocycles. The first kappa shape index (κ1) is 15.7. The number of rotatable bonds is 6. The fraction of sp³-hybridized carbons (Fsp3) is 0.462. The van der Waals surface area contributed by atoms with E-state index in [9.17, 15) is 14.4 Å². The number of carbonyl (C=O) groups excluding carboxylic acids is 3. The van der Waals surface area contributed by atoms with Crippen molar-refractivity contribution in [3.63, 3.8) is 0 Å². The van der Waals surface area contributed by atoms with Gasteiger partial charge in [-0.25, -0.2) is 0 Å². The Labute approximate surface area is 116 Å². The number of nitrogens with one attached hydrogen (secondary N) is 2. The van der Waals surface area contributed by atoms with Crippen LogP contribution >= 0.6 is 0 Å². The molecule has 1 unspecified atom stereocenters. The zero-order chi connectivity index (χ0) is 15.1. The Hall–Kier alpha value is -2.31. The average molecular weight is 282 g/mol. The summed E-state index contributed by atoms with van der Waals surface area (Å²) in [7, 11) is 1.23. The molecule has 0 radical (unpaired) electrons. The maximum Gasteiger partial charge on any atom is 0.325 e. The van der Waals surface area contributed by atoms with E-state index in [1.165, 1.54) is 19.4 Å². The molecule has 0 bridgehead atoms. The fourth-order valence-corrected chi connectivity index (χ4v) is 1.50. The highest BCUT2D eigenvalue weighted by atomic mass is 16.5. The molecule has 0 aliphatic rings. The largest absolute Gasteiger partial charge is 0.468 e. The first-order chi connectivity index (χ1) is 9.45. The summed E-state index contributed by atoms with van der Waals surface area (Å²) in [5.74, 6) is -1.52. The highest BCUT2D eigenvalue weighted by molar-refractivity contribution is 5.96. The minimum Gasteiger partial charge on any atom is -0.468 e. The molecule has 7 heteroatoms. The molecule has 0 aliphatic carbocycles. The molecule has 20 heavy (non-hydrogen) atoms. The minimum atomic E-state index is -0.766. The van der Waals surface area contributed by atoms with Crippen molar-refractivity contribution in [2.24, 2.45) is 5.92 Å². The lowest BCUT2D eigenvalue weighted by atomic mass is 10.0. The van der Waals surface area contributed by atoms with Crippen LogP contribution in [0.25, 0.3) is 0 Å². The van der Waals surface area contributed by atoms with Crippen LogP contribution in [0.2, 0.25) is 0 Å². The Bertz CT molecular complexity index is 467. The smallest absolute Gasteiger partial charge is 0.325 e. The lowest BCUT2D eigenvalue weighted by Gasteiger charge is -2.20. The Morgan fingerprint density at radius 1 is 1.35 bits per heavy atom. The standard InChI is InChI=1S/C13H18N2O5/c1-8(2)11(13(18)14-7-10(16)19-3)15-12(17)9-5-4-6-20-9/h4-6,8,11H,7H2,1-3H3,(H,14,18)(H,15,17). The van der Waals surface area contributed by atoms with E-state index in [1.807, 2.05) is 0 Å². The molecule has 0 fully saturated rings. The van der Waals surface area contributed by atoms with E-state index in [4.69, 9.17) is 4.42 Å². The van der Waals surface area contributed by atoms with Crippen LogP contribution in [0.3, 0.4) is 0 Å². The molecule has 0 saturated heterocycles. The van der Waals surface area contributed by atoms with Gasteiger partial charge < -0.3 is 19.8 Å². The third kappa shape index (κ3) is 4.42. The van der Waals surface area contributed by atoms with Crippen molar-refractivity contribution in [3.8, 4) is 0 Å². The van der Waals surface area contributed by atoms with Gasteiger partial charge in [-0.1, -0.05) is 13.8 Å². The van der Waals surface area contributed by atoms with Crippen molar-refractivity contribution in [1.29, 1.82) is 0 Å². The van der Waals surface area contributed by atoms with Crippen molar-refractivity contribution in [1.82, 2.24) is 10.6 Å². The summed E-state index contributed by atoms with van der Waals surface area (Å²) < 4.78 is 9.38. The number of carbonyl (C=O) groups is 3. The number of hydrogen-bond donors (Lipinski definition) is 2. The van der Waals surface area contributed by atoms with E-state index in [1.54, 1.807) is 19.9 Å². The molecule has 0 spiro atoms. The predicted octanol–water partition coefficient (Wildman–Crippen LogP) is 0.323. The maximum atomic E-state index is 11.9. The van der Waals surface area contributed by atoms with E-state index in [0.29, 0.717) is 0 Å². The fourth-order valence-electron chi connectivity index (χ4n) is 1.50. The van der Waals surface area contributed by atoms with Gasteiger partial charge in [0.25, 0.3) is 5.91 Å². The lowest BCUT2D eigenvalue weighted by Crippen LogP contribution is -2.50. The second kappa shape index (κ2) is 7.32. The number of ether oxygens (including phenoxy) is 1. The number of hydrogen-bond acceptors (Lipinski definition) is 5. The van der Waals surface area contributed by atoms with Crippen LogP contribution in [0, 0.1) is 5.92 Å². The molecule has 7 nitrogen and oxygen atoms in total. The second-order valence-electron chi connectivity index (χ2n) is 4.47. The third-order valence-corrected chi connectivity index (χ3v) is 2.62. The van der Waals surface area contributed by atoms with Crippen LogP contribution in [0.1, 0.15) is 24.4 Å². The molecule has 1 aromatic heterocycles. The first-order valence-electron chi connectivity index (χ1n) is 6.14. The van der Waals surface area contributed by atoms with Crippen molar-refractivity contribution in [2.45, 2.75) is 19.9 Å². The van der Waals surface area contributed by atoms with Gasteiger partial charge in [0, 0.05) is 0 Å². The van der Waals surface area contributed by atoms with Gasteiger partial charge in [-0.2, -0.15) is 0 Å². The molecular formula is C13H18N2O5. The van der Waals surface area contributed by atoms with Crippen LogP contribution in [-0.4, -0.2) is 37.5 Å². The summed E-state index contributed by atoms with van der Waals surface area (Å²) >= 11 is 0. The average Bonchev–Trinajstić information content (AvgIpc) is 2.95. The van der Waals surface area contributed by atoms with E-state index in [0.717, 1.165) is 0 Å². The van der Waals surface area contributed by atoms with Crippen LogP contribution in [0.15, 0.2) is 22.8 Å². The van der Waals surface area contributed by atoms with Crippen molar-refractivity contribution < 1.29 is 23.5 Å². The summed E-state index contributed by atoms with van der Waals surface area (Å²) in [6.07, 6.45) is 1.37. The zero-order valence-corrected chi connectivity index (χ0v) is 11.6. The second-order valence-corrected chi connectivity index (χ2v) is 4.47. The maximum absolute atomic E-state index is 11.9. The lowest BCUT2D eigenvalue weighted by molar-refractivity contribution is -0.141. The molecule has 1 aromatic rings. The third-order valence-electron chi connectivity index (χ3n) is 2.62. The molecule has 0 aromatic carbocycles. The summed E-state index contributed by atoms with van der Waals surface area (Å²) in [5, 5.41) is 4.97. The normalized spacial score (nSPS) is 11.8. The van der Waals surface area contributed by atoms with E-state index in [-0.39, 0.29) is 18.2 Å². The molecule has 110 valence electrons. The SMILES string of the molecule is COC(=O)CNC(=O)C(NC(=O)c1ccco1)C(C)C. The summed E-state index contributed by atoms with van der Waals surface area (Å²) in [6.45, 7) is 3.32.